The molecule has 0 aliphatic heterocycles. The van der Waals surface area contributed by atoms with Crippen LogP contribution < -0.4 is 0 Å². The molecule has 0 N–H and O–H groups in total. The van der Waals surface area contributed by atoms with Crippen molar-refractivity contribution < 1.29 is 9.21 Å². The minimum absolute atomic E-state index is 0.0575. The molecule has 1 amide bonds. The Morgan fingerprint density at radius 1 is 1.45 bits per heavy atom. The first kappa shape index (κ1) is 13.5. The van der Waals surface area contributed by atoms with Gasteiger partial charge in [0.15, 0.2) is 0 Å². The second-order valence-corrected chi connectivity index (χ2v) is 6.42. The third kappa shape index (κ3) is 2.82. The van der Waals surface area contributed by atoms with Gasteiger partial charge in [-0.05, 0) is 56.2 Å². The van der Waals surface area contributed by atoms with Crippen LogP contribution in [-0.4, -0.2) is 23.9 Å². The van der Waals surface area contributed by atoms with Gasteiger partial charge in [0.2, 0.25) is 5.91 Å². The standard InChI is InChI=1S/C17H23NO2/c1-11-10-15(11)16-8-6-14(20-16)7-9-17(19)18(3)12(2)13-4-5-13/h6-9,11-13,15H,4-5,10H2,1-3H3/b9-7+. The maximum Gasteiger partial charge on any atom is 0.246 e. The van der Waals surface area contributed by atoms with E-state index in [2.05, 4.69) is 13.8 Å². The van der Waals surface area contributed by atoms with E-state index < -0.39 is 0 Å². The van der Waals surface area contributed by atoms with Gasteiger partial charge in [-0.1, -0.05) is 6.92 Å². The Balaban J connectivity index is 1.58. The first-order valence-corrected chi connectivity index (χ1v) is 7.61. The predicted molar refractivity (Wildman–Crippen MR) is 79.2 cm³/mol. The van der Waals surface area contributed by atoms with E-state index in [0.29, 0.717) is 17.9 Å². The van der Waals surface area contributed by atoms with E-state index in [9.17, 15) is 4.79 Å². The van der Waals surface area contributed by atoms with Crippen molar-refractivity contribution in [3.8, 4) is 0 Å². The van der Waals surface area contributed by atoms with E-state index in [4.69, 9.17) is 4.42 Å². The van der Waals surface area contributed by atoms with E-state index in [1.54, 1.807) is 12.2 Å². The zero-order valence-corrected chi connectivity index (χ0v) is 12.5. The zero-order chi connectivity index (χ0) is 14.3. The summed E-state index contributed by atoms with van der Waals surface area (Å²) in [7, 11) is 1.88. The quantitative estimate of drug-likeness (QED) is 0.767. The molecule has 3 unspecified atom stereocenters. The van der Waals surface area contributed by atoms with Crippen LogP contribution in [0, 0.1) is 11.8 Å². The van der Waals surface area contributed by atoms with Gasteiger partial charge in [-0.2, -0.15) is 0 Å². The van der Waals surface area contributed by atoms with E-state index in [1.807, 2.05) is 24.1 Å². The van der Waals surface area contributed by atoms with Gasteiger partial charge in [-0.25, -0.2) is 0 Å². The molecule has 0 spiro atoms. The van der Waals surface area contributed by atoms with Crippen LogP contribution in [0.15, 0.2) is 22.6 Å². The molecule has 2 saturated carbocycles. The van der Waals surface area contributed by atoms with Gasteiger partial charge in [-0.15, -0.1) is 0 Å². The third-order valence-electron chi connectivity index (χ3n) is 4.78. The molecule has 3 rings (SSSR count). The molecule has 20 heavy (non-hydrogen) atoms. The molecule has 2 aliphatic carbocycles. The molecule has 3 nitrogen and oxygen atoms in total. The zero-order valence-electron chi connectivity index (χ0n) is 12.5. The van der Waals surface area contributed by atoms with Gasteiger partial charge in [0, 0.05) is 25.1 Å². The summed E-state index contributed by atoms with van der Waals surface area (Å²) in [6, 6.07) is 4.33. The van der Waals surface area contributed by atoms with Crippen LogP contribution in [0.3, 0.4) is 0 Å². The Kier molecular flexibility index (Phi) is 3.45. The summed E-state index contributed by atoms with van der Waals surface area (Å²) in [5.74, 6) is 3.92. The lowest BCUT2D eigenvalue weighted by Gasteiger charge is -2.23. The predicted octanol–water partition coefficient (Wildman–Crippen LogP) is 3.67. The Hall–Kier alpha value is -1.51. The average molecular weight is 273 g/mol. The number of hydrogen-bond acceptors (Lipinski definition) is 2. The van der Waals surface area contributed by atoms with Gasteiger partial charge < -0.3 is 9.32 Å². The van der Waals surface area contributed by atoms with Crippen molar-refractivity contribution in [3.63, 3.8) is 0 Å². The largest absolute Gasteiger partial charge is 0.461 e. The highest BCUT2D eigenvalue weighted by molar-refractivity contribution is 5.91. The lowest BCUT2D eigenvalue weighted by molar-refractivity contribution is -0.126. The average Bonchev–Trinajstić information content (AvgIpc) is 3.35. The van der Waals surface area contributed by atoms with Crippen molar-refractivity contribution in [3.05, 3.63) is 29.7 Å². The molecule has 3 atom stereocenters. The number of carbonyl (C=O) groups excluding carboxylic acids is 1. The fraction of sp³-hybridized carbons (Fsp3) is 0.588. The molecule has 1 heterocycles. The van der Waals surface area contributed by atoms with Crippen molar-refractivity contribution in [2.24, 2.45) is 11.8 Å². The Morgan fingerprint density at radius 2 is 2.15 bits per heavy atom. The third-order valence-corrected chi connectivity index (χ3v) is 4.78. The molecule has 3 heteroatoms. The molecule has 2 aliphatic rings. The Labute approximate surface area is 120 Å². The maximum absolute atomic E-state index is 12.1. The van der Waals surface area contributed by atoms with Crippen LogP contribution in [-0.2, 0) is 4.79 Å². The van der Waals surface area contributed by atoms with Gasteiger partial charge in [0.05, 0.1) is 0 Å². The van der Waals surface area contributed by atoms with Crippen molar-refractivity contribution in [1.82, 2.24) is 4.90 Å². The number of carbonyl (C=O) groups is 1. The van der Waals surface area contributed by atoms with Crippen LogP contribution in [0.1, 0.15) is 50.5 Å². The van der Waals surface area contributed by atoms with E-state index in [-0.39, 0.29) is 5.91 Å². The molecule has 108 valence electrons. The normalized spacial score (nSPS) is 26.8. The maximum atomic E-state index is 12.1. The van der Waals surface area contributed by atoms with Gasteiger partial charge >= 0.3 is 0 Å². The van der Waals surface area contributed by atoms with E-state index in [1.165, 1.54) is 19.3 Å². The Morgan fingerprint density at radius 3 is 2.75 bits per heavy atom. The number of rotatable bonds is 5. The van der Waals surface area contributed by atoms with E-state index >= 15 is 0 Å². The summed E-state index contributed by atoms with van der Waals surface area (Å²) >= 11 is 0. The second-order valence-electron chi connectivity index (χ2n) is 6.42. The van der Waals surface area contributed by atoms with E-state index in [0.717, 1.165) is 17.4 Å². The summed E-state index contributed by atoms with van der Waals surface area (Å²) in [6.45, 7) is 4.36. The summed E-state index contributed by atoms with van der Waals surface area (Å²) in [5.41, 5.74) is 0. The van der Waals surface area contributed by atoms with Crippen LogP contribution in [0.25, 0.3) is 6.08 Å². The van der Waals surface area contributed by atoms with Crippen molar-refractivity contribution >= 4 is 12.0 Å². The molecular weight excluding hydrogens is 250 g/mol. The minimum atomic E-state index is 0.0575. The van der Waals surface area contributed by atoms with Gasteiger partial charge in [0.1, 0.15) is 11.5 Å². The van der Waals surface area contributed by atoms with Crippen molar-refractivity contribution in [2.45, 2.75) is 45.1 Å². The fourth-order valence-corrected chi connectivity index (χ4v) is 2.74. The summed E-state index contributed by atoms with van der Waals surface area (Å²) in [4.78, 5) is 13.9. The highest BCUT2D eigenvalue weighted by atomic mass is 16.3. The Bertz CT molecular complexity index is 527. The molecule has 1 aromatic rings. The highest BCUT2D eigenvalue weighted by Crippen LogP contribution is 2.47. The summed E-state index contributed by atoms with van der Waals surface area (Å²) < 4.78 is 5.77. The summed E-state index contributed by atoms with van der Waals surface area (Å²) in [6.07, 6.45) is 7.14. The molecule has 0 saturated heterocycles. The summed E-state index contributed by atoms with van der Waals surface area (Å²) in [5, 5.41) is 0. The number of furan rings is 1. The molecule has 2 fully saturated rings. The molecule has 0 aromatic carbocycles. The second kappa shape index (κ2) is 5.12. The lowest BCUT2D eigenvalue weighted by Crippen LogP contribution is -2.35. The number of hydrogen-bond donors (Lipinski definition) is 0. The van der Waals surface area contributed by atoms with Crippen LogP contribution in [0.4, 0.5) is 0 Å². The number of nitrogens with zero attached hydrogens (tertiary/aromatic N) is 1. The van der Waals surface area contributed by atoms with Crippen LogP contribution >= 0.6 is 0 Å². The SMILES string of the molecule is CC1CC1c1ccc(/C=C/C(=O)N(C)C(C)C2CC2)o1. The first-order chi connectivity index (χ1) is 9.56. The molecular formula is C17H23NO2. The topological polar surface area (TPSA) is 33.5 Å². The smallest absolute Gasteiger partial charge is 0.246 e. The van der Waals surface area contributed by atoms with Gasteiger partial charge in [0.25, 0.3) is 0 Å². The lowest BCUT2D eigenvalue weighted by atomic mass is 10.2. The molecule has 0 radical (unpaired) electrons. The molecule has 1 aromatic heterocycles. The minimum Gasteiger partial charge on any atom is -0.461 e. The number of likely N-dealkylation sites (N-methyl/N-ethyl adjacent to an activating group) is 1. The van der Waals surface area contributed by atoms with Crippen LogP contribution in [0.5, 0.6) is 0 Å². The van der Waals surface area contributed by atoms with Crippen molar-refractivity contribution in [2.75, 3.05) is 7.05 Å². The van der Waals surface area contributed by atoms with Crippen LogP contribution in [0.2, 0.25) is 0 Å². The van der Waals surface area contributed by atoms with Gasteiger partial charge in [-0.3, -0.25) is 4.79 Å². The first-order valence-electron chi connectivity index (χ1n) is 7.61. The number of amides is 1. The van der Waals surface area contributed by atoms with Crippen molar-refractivity contribution in [1.29, 1.82) is 0 Å². The molecule has 0 bridgehead atoms. The fourth-order valence-electron chi connectivity index (χ4n) is 2.74. The monoisotopic (exact) mass is 273 g/mol. The highest BCUT2D eigenvalue weighted by Gasteiger charge is 2.36.